The zero-order chi connectivity index (χ0) is 16.2. The Labute approximate surface area is 150 Å². The molecule has 2 N–H and O–H groups in total. The average molecular weight is 345 g/mol. The molecule has 0 saturated carbocycles. The predicted octanol–water partition coefficient (Wildman–Crippen LogP) is 3.30. The molecule has 0 radical (unpaired) electrons. The van der Waals surface area contributed by atoms with Crippen LogP contribution in [0.15, 0.2) is 54.6 Å². The first-order chi connectivity index (χ1) is 11.1. The van der Waals surface area contributed by atoms with Crippen molar-refractivity contribution in [2.45, 2.75) is 31.7 Å². The molecule has 0 unspecified atom stereocenters. The summed E-state index contributed by atoms with van der Waals surface area (Å²) in [5, 5.41) is 0. The summed E-state index contributed by atoms with van der Waals surface area (Å²) < 4.78 is 0. The molecule has 128 valence electrons. The van der Waals surface area contributed by atoms with Crippen LogP contribution in [0, 0.1) is 6.92 Å². The molecular formula is C20H25ClN2O. The summed E-state index contributed by atoms with van der Waals surface area (Å²) in [5.74, 6) is 0.459. The number of carbonyl (C=O) groups is 1. The van der Waals surface area contributed by atoms with Gasteiger partial charge in [-0.2, -0.15) is 0 Å². The van der Waals surface area contributed by atoms with Gasteiger partial charge in [-0.1, -0.05) is 54.6 Å². The molecule has 1 aliphatic heterocycles. The van der Waals surface area contributed by atoms with Crippen LogP contribution in [0.5, 0.6) is 0 Å². The smallest absolute Gasteiger partial charge is 0.222 e. The number of carbonyl (C=O) groups excluding carboxylic acids is 1. The molecule has 24 heavy (non-hydrogen) atoms. The molecule has 2 aromatic rings. The van der Waals surface area contributed by atoms with E-state index < -0.39 is 0 Å². The van der Waals surface area contributed by atoms with E-state index in [1.54, 1.807) is 0 Å². The van der Waals surface area contributed by atoms with E-state index in [2.05, 4.69) is 31.2 Å². The lowest BCUT2D eigenvalue weighted by Crippen LogP contribution is -2.32. The molecule has 1 amide bonds. The van der Waals surface area contributed by atoms with Crippen LogP contribution in [-0.2, 0) is 11.2 Å². The molecule has 1 saturated heterocycles. The molecule has 0 spiro atoms. The van der Waals surface area contributed by atoms with Crippen molar-refractivity contribution in [2.24, 2.45) is 5.73 Å². The van der Waals surface area contributed by atoms with E-state index in [1.165, 1.54) is 16.7 Å². The van der Waals surface area contributed by atoms with Gasteiger partial charge in [0.2, 0.25) is 5.91 Å². The van der Waals surface area contributed by atoms with Gasteiger partial charge in [0.05, 0.1) is 0 Å². The van der Waals surface area contributed by atoms with Gasteiger partial charge in [0.1, 0.15) is 0 Å². The van der Waals surface area contributed by atoms with E-state index in [9.17, 15) is 4.79 Å². The second-order valence-electron chi connectivity index (χ2n) is 6.41. The summed E-state index contributed by atoms with van der Waals surface area (Å²) in [5.41, 5.74) is 10.0. The maximum Gasteiger partial charge on any atom is 0.222 e. The van der Waals surface area contributed by atoms with Gasteiger partial charge in [-0.15, -0.1) is 12.4 Å². The quantitative estimate of drug-likeness (QED) is 0.925. The van der Waals surface area contributed by atoms with Gasteiger partial charge in [0.25, 0.3) is 0 Å². The highest BCUT2D eigenvalue weighted by atomic mass is 35.5. The van der Waals surface area contributed by atoms with Crippen molar-refractivity contribution in [3.05, 3.63) is 71.3 Å². The van der Waals surface area contributed by atoms with Gasteiger partial charge >= 0.3 is 0 Å². The molecule has 3 rings (SSSR count). The van der Waals surface area contributed by atoms with Crippen LogP contribution < -0.4 is 5.73 Å². The van der Waals surface area contributed by atoms with E-state index in [-0.39, 0.29) is 30.3 Å². The Kier molecular flexibility index (Phi) is 6.41. The van der Waals surface area contributed by atoms with Crippen LogP contribution in [0.1, 0.15) is 29.0 Å². The van der Waals surface area contributed by atoms with Gasteiger partial charge in [-0.3, -0.25) is 4.79 Å². The lowest BCUT2D eigenvalue weighted by molar-refractivity contribution is -0.130. The molecular weight excluding hydrogens is 320 g/mol. The monoisotopic (exact) mass is 344 g/mol. The Balaban J connectivity index is 0.00000208. The summed E-state index contributed by atoms with van der Waals surface area (Å²) in [7, 11) is 0. The van der Waals surface area contributed by atoms with E-state index in [1.807, 2.05) is 35.2 Å². The van der Waals surface area contributed by atoms with Crippen LogP contribution in [0.2, 0.25) is 0 Å². The Morgan fingerprint density at radius 3 is 2.46 bits per heavy atom. The first kappa shape index (κ1) is 18.5. The van der Waals surface area contributed by atoms with Crippen LogP contribution in [-0.4, -0.2) is 29.9 Å². The van der Waals surface area contributed by atoms with Crippen LogP contribution in [0.25, 0.3) is 0 Å². The van der Waals surface area contributed by atoms with Crippen molar-refractivity contribution in [2.75, 3.05) is 13.1 Å². The number of likely N-dealkylation sites (tertiary alicyclic amines) is 1. The van der Waals surface area contributed by atoms with Gasteiger partial charge < -0.3 is 10.6 Å². The number of hydrogen-bond donors (Lipinski definition) is 1. The minimum absolute atomic E-state index is 0. The third-order valence-electron chi connectivity index (χ3n) is 4.82. The normalized spacial score (nSPS) is 19.8. The fraction of sp³-hybridized carbons (Fsp3) is 0.350. The zero-order valence-electron chi connectivity index (χ0n) is 14.0. The van der Waals surface area contributed by atoms with Crippen LogP contribution >= 0.6 is 12.4 Å². The van der Waals surface area contributed by atoms with E-state index >= 15 is 0 Å². The van der Waals surface area contributed by atoms with Gasteiger partial charge in [-0.05, 0) is 30.0 Å². The average Bonchev–Trinajstić information content (AvgIpc) is 2.96. The first-order valence-electron chi connectivity index (χ1n) is 8.28. The first-order valence-corrected chi connectivity index (χ1v) is 8.28. The highest BCUT2D eigenvalue weighted by molar-refractivity contribution is 5.85. The van der Waals surface area contributed by atoms with E-state index in [4.69, 9.17) is 5.73 Å². The molecule has 0 aromatic heterocycles. The summed E-state index contributed by atoms with van der Waals surface area (Å²) in [4.78, 5) is 14.5. The largest absolute Gasteiger partial charge is 0.340 e. The highest BCUT2D eigenvalue weighted by Crippen LogP contribution is 2.27. The maximum atomic E-state index is 12.5. The predicted molar refractivity (Wildman–Crippen MR) is 100 cm³/mol. The minimum Gasteiger partial charge on any atom is -0.340 e. The fourth-order valence-electron chi connectivity index (χ4n) is 3.38. The number of hydrogen-bond acceptors (Lipinski definition) is 2. The summed E-state index contributed by atoms with van der Waals surface area (Å²) in [6, 6.07) is 18.6. The van der Waals surface area contributed by atoms with E-state index in [0.717, 1.165) is 13.0 Å². The second-order valence-corrected chi connectivity index (χ2v) is 6.41. The van der Waals surface area contributed by atoms with Crippen molar-refractivity contribution >= 4 is 18.3 Å². The third kappa shape index (κ3) is 4.16. The molecule has 0 bridgehead atoms. The SMILES string of the molecule is Cc1ccccc1CCC(=O)N1C[C@@H](N)[C@H](c2ccccc2)C1.Cl. The van der Waals surface area contributed by atoms with Crippen molar-refractivity contribution < 1.29 is 4.79 Å². The number of nitrogens with two attached hydrogens (primary N) is 1. The maximum absolute atomic E-state index is 12.5. The molecule has 1 fully saturated rings. The number of amides is 1. The highest BCUT2D eigenvalue weighted by Gasteiger charge is 2.33. The molecule has 1 aliphatic rings. The standard InChI is InChI=1S/C20H24N2O.ClH/c1-15-7-5-6-8-16(15)11-12-20(23)22-13-18(19(21)14-22)17-9-3-2-4-10-17;/h2-10,18-19H,11-14,21H2,1H3;1H/t18-,19+;/m0./s1. The minimum atomic E-state index is 0. The second kappa shape index (κ2) is 8.32. The zero-order valence-corrected chi connectivity index (χ0v) is 14.8. The number of nitrogens with zero attached hydrogens (tertiary/aromatic N) is 1. The Hall–Kier alpha value is -1.84. The fourth-order valence-corrected chi connectivity index (χ4v) is 3.38. The van der Waals surface area contributed by atoms with Crippen LogP contribution in [0.3, 0.4) is 0 Å². The Bertz CT molecular complexity index is 674. The van der Waals surface area contributed by atoms with Gasteiger partial charge in [0, 0.05) is 31.5 Å². The molecule has 2 atom stereocenters. The van der Waals surface area contributed by atoms with Crippen LogP contribution in [0.4, 0.5) is 0 Å². The van der Waals surface area contributed by atoms with Gasteiger partial charge in [-0.25, -0.2) is 0 Å². The summed E-state index contributed by atoms with van der Waals surface area (Å²) >= 11 is 0. The number of halogens is 1. The molecule has 1 heterocycles. The summed E-state index contributed by atoms with van der Waals surface area (Å²) in [6.45, 7) is 3.49. The molecule has 3 nitrogen and oxygen atoms in total. The van der Waals surface area contributed by atoms with E-state index in [0.29, 0.717) is 13.0 Å². The Morgan fingerprint density at radius 1 is 1.08 bits per heavy atom. The molecule has 0 aliphatic carbocycles. The van der Waals surface area contributed by atoms with Crippen molar-refractivity contribution in [3.63, 3.8) is 0 Å². The van der Waals surface area contributed by atoms with Crippen molar-refractivity contribution in [1.29, 1.82) is 0 Å². The number of rotatable bonds is 4. The van der Waals surface area contributed by atoms with Gasteiger partial charge in [0.15, 0.2) is 0 Å². The van der Waals surface area contributed by atoms with Crippen molar-refractivity contribution in [1.82, 2.24) is 4.90 Å². The molecule has 4 heteroatoms. The number of aryl methyl sites for hydroxylation is 2. The number of benzene rings is 2. The lowest BCUT2D eigenvalue weighted by atomic mass is 9.95. The lowest BCUT2D eigenvalue weighted by Gasteiger charge is -2.17. The summed E-state index contributed by atoms with van der Waals surface area (Å²) in [6.07, 6.45) is 1.35. The molecule has 2 aromatic carbocycles. The Morgan fingerprint density at radius 2 is 1.75 bits per heavy atom. The topological polar surface area (TPSA) is 46.3 Å². The third-order valence-corrected chi connectivity index (χ3v) is 4.82. The van der Waals surface area contributed by atoms with Crippen molar-refractivity contribution in [3.8, 4) is 0 Å².